The maximum Gasteiger partial charge on any atom is 0.230 e. The van der Waals surface area contributed by atoms with Crippen LogP contribution < -0.4 is 10.2 Å². The summed E-state index contributed by atoms with van der Waals surface area (Å²) in [5.74, 6) is 0.176. The Labute approximate surface area is 218 Å². The Morgan fingerprint density at radius 2 is 1.76 bits per heavy atom. The van der Waals surface area contributed by atoms with E-state index in [-0.39, 0.29) is 18.2 Å². The van der Waals surface area contributed by atoms with Crippen LogP contribution in [0.25, 0.3) is 22.5 Å². The summed E-state index contributed by atoms with van der Waals surface area (Å²) in [6, 6.07) is 17.3. The zero-order valence-electron chi connectivity index (χ0n) is 21.3. The first kappa shape index (κ1) is 23.5. The van der Waals surface area contributed by atoms with Gasteiger partial charge in [-0.05, 0) is 56.2 Å². The van der Waals surface area contributed by atoms with E-state index in [4.69, 9.17) is 0 Å². The summed E-state index contributed by atoms with van der Waals surface area (Å²) in [6.07, 6.45) is 3.32. The third-order valence-electron chi connectivity index (χ3n) is 6.93. The monoisotopic (exact) mass is 506 g/mol. The molecule has 1 atom stereocenters. The number of aromatic nitrogens is 6. The number of para-hydroxylation sites is 1. The average molecular weight is 507 g/mol. The van der Waals surface area contributed by atoms with Crippen molar-refractivity contribution in [2.45, 2.75) is 27.2 Å². The third-order valence-corrected chi connectivity index (χ3v) is 6.93. The smallest absolute Gasteiger partial charge is 0.230 e. The lowest BCUT2D eigenvalue weighted by atomic mass is 10.1. The van der Waals surface area contributed by atoms with Crippen LogP contribution >= 0.6 is 0 Å². The van der Waals surface area contributed by atoms with Gasteiger partial charge in [-0.3, -0.25) is 9.59 Å². The predicted octanol–water partition coefficient (Wildman–Crippen LogP) is 3.92. The second-order valence-corrected chi connectivity index (χ2v) is 9.57. The van der Waals surface area contributed by atoms with Crippen LogP contribution in [-0.2, 0) is 9.59 Å². The lowest BCUT2D eigenvalue weighted by Gasteiger charge is -2.16. The van der Waals surface area contributed by atoms with Crippen molar-refractivity contribution in [1.29, 1.82) is 0 Å². The fraction of sp³-hybridized carbons (Fsp3) is 0.214. The van der Waals surface area contributed by atoms with E-state index in [0.29, 0.717) is 34.9 Å². The molecular formula is C28H26N8O2. The number of nitrogens with zero attached hydrogens (tertiary/aromatic N) is 7. The Morgan fingerprint density at radius 3 is 2.55 bits per heavy atom. The Balaban J connectivity index is 1.30. The molecule has 10 nitrogen and oxygen atoms in total. The normalized spacial score (nSPS) is 15.4. The van der Waals surface area contributed by atoms with Gasteiger partial charge in [0.05, 0.1) is 28.9 Å². The lowest BCUT2D eigenvalue weighted by molar-refractivity contribution is -0.122. The van der Waals surface area contributed by atoms with E-state index in [0.717, 1.165) is 16.9 Å². The number of fused-ring (bicyclic) bond motifs is 1. The molecule has 1 aliphatic heterocycles. The summed E-state index contributed by atoms with van der Waals surface area (Å²) in [7, 11) is 0. The molecule has 1 N–H and O–H groups in total. The van der Waals surface area contributed by atoms with E-state index in [1.165, 1.54) is 11.9 Å². The molecule has 4 heterocycles. The fourth-order valence-corrected chi connectivity index (χ4v) is 4.77. The Hall–Kier alpha value is -4.86. The van der Waals surface area contributed by atoms with Gasteiger partial charge < -0.3 is 10.2 Å². The summed E-state index contributed by atoms with van der Waals surface area (Å²) in [5.41, 5.74) is 5.38. The Morgan fingerprint density at radius 1 is 0.947 bits per heavy atom. The molecule has 0 bridgehead atoms. The molecule has 0 saturated carbocycles. The summed E-state index contributed by atoms with van der Waals surface area (Å²) in [5, 5.41) is 12.8. The number of hydrogen-bond acceptors (Lipinski definition) is 6. The summed E-state index contributed by atoms with van der Waals surface area (Å²) in [6.45, 7) is 6.29. The molecule has 1 fully saturated rings. The van der Waals surface area contributed by atoms with Gasteiger partial charge in [0, 0.05) is 24.7 Å². The predicted molar refractivity (Wildman–Crippen MR) is 144 cm³/mol. The van der Waals surface area contributed by atoms with Gasteiger partial charge in [-0.2, -0.15) is 14.9 Å². The third kappa shape index (κ3) is 4.09. The molecular weight excluding hydrogens is 480 g/mol. The van der Waals surface area contributed by atoms with Gasteiger partial charge in [0.15, 0.2) is 11.5 Å². The van der Waals surface area contributed by atoms with Gasteiger partial charge in [-0.15, -0.1) is 0 Å². The van der Waals surface area contributed by atoms with Crippen molar-refractivity contribution >= 4 is 34.4 Å². The van der Waals surface area contributed by atoms with E-state index in [1.807, 2.05) is 43.3 Å². The highest BCUT2D eigenvalue weighted by molar-refractivity contribution is 6.03. The van der Waals surface area contributed by atoms with Crippen LogP contribution in [0.4, 0.5) is 11.5 Å². The van der Waals surface area contributed by atoms with Gasteiger partial charge in [0.2, 0.25) is 11.8 Å². The van der Waals surface area contributed by atoms with E-state index >= 15 is 0 Å². The molecule has 5 aromatic rings. The van der Waals surface area contributed by atoms with Crippen molar-refractivity contribution in [1.82, 2.24) is 29.5 Å². The second kappa shape index (κ2) is 9.22. The molecule has 10 heteroatoms. The number of hydrogen-bond donors (Lipinski definition) is 1. The molecule has 1 saturated heterocycles. The number of rotatable bonds is 5. The standard InChI is InChI=1S/C28H26N8O2/c1-17-9-10-22(11-18(17)2)35-26-23(14-31-35)27(30-16-29-26)36-24(12-19(3)33-36)32-28(38)20-13-25(37)34(15-20)21-7-5-4-6-8-21/h4-12,14,16,20H,13,15H2,1-3H3,(H,32,38). The minimum Gasteiger partial charge on any atom is -0.312 e. The topological polar surface area (TPSA) is 111 Å². The maximum atomic E-state index is 13.3. The van der Waals surface area contributed by atoms with Gasteiger partial charge in [0.1, 0.15) is 12.1 Å². The Kier molecular flexibility index (Phi) is 5.71. The highest BCUT2D eigenvalue weighted by Crippen LogP contribution is 2.28. The minimum atomic E-state index is -0.482. The van der Waals surface area contributed by atoms with Crippen LogP contribution in [0.5, 0.6) is 0 Å². The van der Waals surface area contributed by atoms with Crippen molar-refractivity contribution in [2.75, 3.05) is 16.8 Å². The molecule has 1 unspecified atom stereocenters. The van der Waals surface area contributed by atoms with E-state index in [9.17, 15) is 9.59 Å². The van der Waals surface area contributed by atoms with Crippen molar-refractivity contribution in [3.05, 3.63) is 83.9 Å². The van der Waals surface area contributed by atoms with Gasteiger partial charge in [0.25, 0.3) is 0 Å². The van der Waals surface area contributed by atoms with Crippen LogP contribution in [0.15, 0.2) is 67.1 Å². The van der Waals surface area contributed by atoms with Gasteiger partial charge in [-0.1, -0.05) is 24.3 Å². The molecule has 38 heavy (non-hydrogen) atoms. The molecule has 3 aromatic heterocycles. The number of anilines is 2. The average Bonchev–Trinajstić information content (AvgIpc) is 3.62. The van der Waals surface area contributed by atoms with Crippen molar-refractivity contribution in [2.24, 2.45) is 5.92 Å². The molecule has 0 aliphatic carbocycles. The van der Waals surface area contributed by atoms with Crippen molar-refractivity contribution in [3.63, 3.8) is 0 Å². The summed E-state index contributed by atoms with van der Waals surface area (Å²) in [4.78, 5) is 36.5. The number of benzene rings is 2. The van der Waals surface area contributed by atoms with E-state index in [2.05, 4.69) is 51.5 Å². The summed E-state index contributed by atoms with van der Waals surface area (Å²) < 4.78 is 3.36. The fourth-order valence-electron chi connectivity index (χ4n) is 4.77. The van der Waals surface area contributed by atoms with Gasteiger partial charge >= 0.3 is 0 Å². The first-order valence-electron chi connectivity index (χ1n) is 12.4. The quantitative estimate of drug-likeness (QED) is 0.387. The molecule has 2 aromatic carbocycles. The van der Waals surface area contributed by atoms with Crippen molar-refractivity contribution < 1.29 is 9.59 Å². The first-order chi connectivity index (χ1) is 18.4. The van der Waals surface area contributed by atoms with Crippen LogP contribution in [0.2, 0.25) is 0 Å². The van der Waals surface area contributed by atoms with Crippen molar-refractivity contribution in [3.8, 4) is 11.5 Å². The lowest BCUT2D eigenvalue weighted by Crippen LogP contribution is -2.28. The highest BCUT2D eigenvalue weighted by Gasteiger charge is 2.35. The molecule has 1 aliphatic rings. The molecule has 6 rings (SSSR count). The highest BCUT2D eigenvalue weighted by atomic mass is 16.2. The largest absolute Gasteiger partial charge is 0.312 e. The molecule has 0 spiro atoms. The maximum absolute atomic E-state index is 13.3. The van der Waals surface area contributed by atoms with Crippen LogP contribution in [0, 0.1) is 26.7 Å². The molecule has 190 valence electrons. The SMILES string of the molecule is Cc1cc(NC(=O)C2CC(=O)N(c3ccccc3)C2)n(-c2ncnc3c2cnn3-c2ccc(C)c(C)c2)n1. The number of carbonyl (C=O) groups is 2. The summed E-state index contributed by atoms with van der Waals surface area (Å²) >= 11 is 0. The van der Waals surface area contributed by atoms with Crippen LogP contribution in [0.3, 0.4) is 0 Å². The number of carbonyl (C=O) groups excluding carboxylic acids is 2. The van der Waals surface area contributed by atoms with Crippen LogP contribution in [-0.4, -0.2) is 47.9 Å². The number of amides is 2. The zero-order valence-corrected chi connectivity index (χ0v) is 21.3. The van der Waals surface area contributed by atoms with Crippen LogP contribution in [0.1, 0.15) is 23.2 Å². The zero-order chi connectivity index (χ0) is 26.4. The Bertz CT molecular complexity index is 1690. The first-order valence-corrected chi connectivity index (χ1v) is 12.4. The van der Waals surface area contributed by atoms with E-state index in [1.54, 1.807) is 26.5 Å². The molecule has 0 radical (unpaired) electrons. The minimum absolute atomic E-state index is 0.0719. The second-order valence-electron chi connectivity index (χ2n) is 9.57. The number of aryl methyl sites for hydroxylation is 3. The molecule has 2 amide bonds. The van der Waals surface area contributed by atoms with Gasteiger partial charge in [-0.25, -0.2) is 14.6 Å². The van der Waals surface area contributed by atoms with E-state index < -0.39 is 5.92 Å². The number of nitrogens with one attached hydrogen (secondary N) is 1.